The molecule has 5 heteroatoms. The molecule has 26 heavy (non-hydrogen) atoms. The van der Waals surface area contributed by atoms with Crippen LogP contribution in [0.5, 0.6) is 0 Å². The van der Waals surface area contributed by atoms with Crippen molar-refractivity contribution in [3.63, 3.8) is 0 Å². The Morgan fingerprint density at radius 3 is 2.38 bits per heavy atom. The van der Waals surface area contributed by atoms with Gasteiger partial charge >= 0.3 is 6.18 Å². The Morgan fingerprint density at radius 2 is 1.73 bits per heavy atom. The average molecular weight is 360 g/mol. The summed E-state index contributed by atoms with van der Waals surface area (Å²) in [5.74, 6) is 5.71. The molecule has 0 radical (unpaired) electrons. The Bertz CT molecular complexity index is 805. The number of alkyl halides is 3. The van der Waals surface area contributed by atoms with Crippen LogP contribution in [0, 0.1) is 17.8 Å². The molecule has 0 aliphatic carbocycles. The SMILES string of the molecule is OC[C@@H]1CO[C@@](CC(F)(F)F)(c2cccc(C#Cc3ccccc3)c2)C1. The molecule has 0 unspecified atom stereocenters. The molecule has 0 spiro atoms. The molecule has 1 N–H and O–H groups in total. The molecule has 1 heterocycles. The van der Waals surface area contributed by atoms with E-state index in [1.807, 2.05) is 30.3 Å². The van der Waals surface area contributed by atoms with E-state index in [0.717, 1.165) is 5.56 Å². The third-order valence-electron chi connectivity index (χ3n) is 4.47. The first-order valence-electron chi connectivity index (χ1n) is 8.39. The van der Waals surface area contributed by atoms with Crippen molar-refractivity contribution in [2.24, 2.45) is 5.92 Å². The number of aliphatic hydroxyl groups is 1. The van der Waals surface area contributed by atoms with E-state index >= 15 is 0 Å². The maximum absolute atomic E-state index is 13.2. The lowest BCUT2D eigenvalue weighted by Gasteiger charge is -2.30. The summed E-state index contributed by atoms with van der Waals surface area (Å²) < 4.78 is 45.1. The second kappa shape index (κ2) is 7.53. The van der Waals surface area contributed by atoms with Crippen molar-refractivity contribution in [3.8, 4) is 11.8 Å². The minimum atomic E-state index is -4.37. The van der Waals surface area contributed by atoms with Crippen molar-refractivity contribution >= 4 is 0 Å². The Hall–Kier alpha value is -2.29. The van der Waals surface area contributed by atoms with Gasteiger partial charge in [-0.1, -0.05) is 42.2 Å². The highest BCUT2D eigenvalue weighted by Gasteiger charge is 2.49. The van der Waals surface area contributed by atoms with E-state index in [4.69, 9.17) is 4.74 Å². The minimum Gasteiger partial charge on any atom is -0.396 e. The van der Waals surface area contributed by atoms with E-state index in [1.165, 1.54) is 0 Å². The van der Waals surface area contributed by atoms with Gasteiger partial charge in [0.25, 0.3) is 0 Å². The lowest BCUT2D eigenvalue weighted by atomic mass is 9.84. The van der Waals surface area contributed by atoms with Gasteiger partial charge < -0.3 is 9.84 Å². The van der Waals surface area contributed by atoms with Crippen molar-refractivity contribution in [3.05, 3.63) is 71.3 Å². The molecular weight excluding hydrogens is 341 g/mol. The van der Waals surface area contributed by atoms with Gasteiger partial charge in [-0.25, -0.2) is 0 Å². The van der Waals surface area contributed by atoms with Crippen LogP contribution in [0.3, 0.4) is 0 Å². The quantitative estimate of drug-likeness (QED) is 0.829. The van der Waals surface area contributed by atoms with Gasteiger partial charge in [-0.15, -0.1) is 0 Å². The van der Waals surface area contributed by atoms with Gasteiger partial charge in [0, 0.05) is 23.7 Å². The van der Waals surface area contributed by atoms with Gasteiger partial charge in [0.05, 0.1) is 13.0 Å². The van der Waals surface area contributed by atoms with Crippen LogP contribution in [-0.4, -0.2) is 24.5 Å². The Balaban J connectivity index is 1.92. The summed E-state index contributed by atoms with van der Waals surface area (Å²) in [6.07, 6.45) is -5.30. The second-order valence-electron chi connectivity index (χ2n) is 6.55. The fourth-order valence-electron chi connectivity index (χ4n) is 3.28. The van der Waals surface area contributed by atoms with E-state index in [-0.39, 0.29) is 25.6 Å². The lowest BCUT2D eigenvalue weighted by molar-refractivity contribution is -0.181. The van der Waals surface area contributed by atoms with Gasteiger partial charge in [-0.05, 0) is 36.2 Å². The molecule has 0 saturated carbocycles. The molecular formula is C21H19F3O2. The number of ether oxygens (including phenoxy) is 1. The van der Waals surface area contributed by atoms with Crippen molar-refractivity contribution in [2.75, 3.05) is 13.2 Å². The highest BCUT2D eigenvalue weighted by atomic mass is 19.4. The van der Waals surface area contributed by atoms with Crippen LogP contribution in [0.25, 0.3) is 0 Å². The van der Waals surface area contributed by atoms with Crippen molar-refractivity contribution < 1.29 is 23.0 Å². The molecule has 2 aromatic carbocycles. The standard InChI is InChI=1S/C21H19F3O2/c22-21(23,24)15-20(12-18(13-25)14-26-20)19-8-4-7-17(11-19)10-9-16-5-2-1-3-6-16/h1-8,11,18,25H,12-15H2/t18-,20+/m1/s1. The number of rotatable bonds is 3. The van der Waals surface area contributed by atoms with Crippen LogP contribution in [-0.2, 0) is 10.3 Å². The summed E-state index contributed by atoms with van der Waals surface area (Å²) in [7, 11) is 0. The normalized spacial score (nSPS) is 22.7. The monoisotopic (exact) mass is 360 g/mol. The third-order valence-corrected chi connectivity index (χ3v) is 4.47. The summed E-state index contributed by atoms with van der Waals surface area (Å²) in [6, 6.07) is 16.1. The summed E-state index contributed by atoms with van der Waals surface area (Å²) >= 11 is 0. The van der Waals surface area contributed by atoms with E-state index in [0.29, 0.717) is 11.1 Å². The maximum Gasteiger partial charge on any atom is 0.392 e. The summed E-state index contributed by atoms with van der Waals surface area (Å²) in [5.41, 5.74) is 0.450. The average Bonchev–Trinajstić information content (AvgIpc) is 3.04. The van der Waals surface area contributed by atoms with E-state index < -0.39 is 18.2 Å². The Morgan fingerprint density at radius 1 is 1.04 bits per heavy atom. The van der Waals surface area contributed by atoms with Crippen LogP contribution in [0.15, 0.2) is 54.6 Å². The lowest BCUT2D eigenvalue weighted by Crippen LogP contribution is -2.32. The van der Waals surface area contributed by atoms with Crippen LogP contribution in [0.2, 0.25) is 0 Å². The maximum atomic E-state index is 13.2. The van der Waals surface area contributed by atoms with Crippen LogP contribution < -0.4 is 0 Å². The largest absolute Gasteiger partial charge is 0.396 e. The zero-order valence-corrected chi connectivity index (χ0v) is 14.1. The Labute approximate surface area is 150 Å². The molecule has 2 aromatic rings. The molecule has 1 aliphatic rings. The van der Waals surface area contributed by atoms with Crippen molar-refractivity contribution in [1.82, 2.24) is 0 Å². The highest BCUT2D eigenvalue weighted by Crippen LogP contribution is 2.46. The first kappa shape index (κ1) is 18.5. The summed E-state index contributed by atoms with van der Waals surface area (Å²) in [4.78, 5) is 0. The fourth-order valence-corrected chi connectivity index (χ4v) is 3.28. The molecule has 0 bridgehead atoms. The van der Waals surface area contributed by atoms with Gasteiger partial charge in [0.1, 0.15) is 5.60 Å². The molecule has 2 nitrogen and oxygen atoms in total. The van der Waals surface area contributed by atoms with Crippen molar-refractivity contribution in [1.29, 1.82) is 0 Å². The zero-order valence-electron chi connectivity index (χ0n) is 14.1. The Kier molecular flexibility index (Phi) is 5.36. The molecule has 0 amide bonds. The van der Waals surface area contributed by atoms with E-state index in [1.54, 1.807) is 24.3 Å². The number of hydrogen-bond acceptors (Lipinski definition) is 2. The fraction of sp³-hybridized carbons (Fsp3) is 0.333. The minimum absolute atomic E-state index is 0.118. The number of halogens is 3. The topological polar surface area (TPSA) is 29.5 Å². The summed E-state index contributed by atoms with van der Waals surface area (Å²) in [5, 5.41) is 9.32. The predicted octanol–water partition coefficient (Wildman–Crippen LogP) is 4.26. The molecule has 1 aliphatic heterocycles. The molecule has 3 rings (SSSR count). The summed E-state index contributed by atoms with van der Waals surface area (Å²) in [6.45, 7) is -0.0698. The van der Waals surface area contributed by atoms with Crippen molar-refractivity contribution in [2.45, 2.75) is 24.6 Å². The third kappa shape index (κ3) is 4.46. The predicted molar refractivity (Wildman–Crippen MR) is 92.4 cm³/mol. The van der Waals surface area contributed by atoms with Crippen LogP contribution in [0.4, 0.5) is 13.2 Å². The molecule has 1 saturated heterocycles. The molecule has 0 aromatic heterocycles. The first-order chi connectivity index (χ1) is 12.4. The van der Waals surface area contributed by atoms with Crippen LogP contribution in [0.1, 0.15) is 29.5 Å². The van der Waals surface area contributed by atoms with Gasteiger partial charge in [-0.3, -0.25) is 0 Å². The molecule has 2 atom stereocenters. The van der Waals surface area contributed by atoms with E-state index in [2.05, 4.69) is 11.8 Å². The van der Waals surface area contributed by atoms with Gasteiger partial charge in [0.2, 0.25) is 0 Å². The van der Waals surface area contributed by atoms with Crippen LogP contribution >= 0.6 is 0 Å². The first-order valence-corrected chi connectivity index (χ1v) is 8.39. The number of hydrogen-bond donors (Lipinski definition) is 1. The van der Waals surface area contributed by atoms with Gasteiger partial charge in [-0.2, -0.15) is 13.2 Å². The van der Waals surface area contributed by atoms with E-state index in [9.17, 15) is 18.3 Å². The smallest absolute Gasteiger partial charge is 0.392 e. The second-order valence-corrected chi connectivity index (χ2v) is 6.55. The molecule has 1 fully saturated rings. The number of benzene rings is 2. The zero-order chi connectivity index (χ0) is 18.6. The number of aliphatic hydroxyl groups excluding tert-OH is 1. The molecule has 136 valence electrons. The van der Waals surface area contributed by atoms with Gasteiger partial charge in [0.15, 0.2) is 0 Å². The highest BCUT2D eigenvalue weighted by molar-refractivity contribution is 5.44.